The van der Waals surface area contributed by atoms with Crippen molar-refractivity contribution in [1.82, 2.24) is 9.76 Å². The highest BCUT2D eigenvalue weighted by molar-refractivity contribution is 14.2. The predicted octanol–water partition coefficient (Wildman–Crippen LogP) is 5.47. The number of hydrazone groups is 1. The van der Waals surface area contributed by atoms with Crippen molar-refractivity contribution in [3.63, 3.8) is 0 Å². The fourth-order valence-electron chi connectivity index (χ4n) is 2.19. The molecule has 0 aliphatic carbocycles. The van der Waals surface area contributed by atoms with Gasteiger partial charge in [-0.05, 0) is 58.3 Å². The Morgan fingerprint density at radius 3 is 2.79 bits per heavy atom. The van der Waals surface area contributed by atoms with Crippen molar-refractivity contribution < 1.29 is 22.7 Å². The summed E-state index contributed by atoms with van der Waals surface area (Å²) in [6.07, 6.45) is 1.10. The molecule has 2 rings (SSSR count). The van der Waals surface area contributed by atoms with Gasteiger partial charge in [0, 0.05) is 24.0 Å². The van der Waals surface area contributed by atoms with Gasteiger partial charge in [-0.1, -0.05) is 18.2 Å². The number of rotatable bonds is 8. The SMILES string of the molecule is C/C(=C\C=N/N(C=O)PI)c1ccnc(OCc2ccccc2C(F)(F)F)c1. The van der Waals surface area contributed by atoms with E-state index in [-0.39, 0.29) is 24.4 Å². The van der Waals surface area contributed by atoms with Crippen LogP contribution in [-0.2, 0) is 17.6 Å². The van der Waals surface area contributed by atoms with E-state index in [0.717, 1.165) is 17.2 Å². The van der Waals surface area contributed by atoms with Gasteiger partial charge in [-0.3, -0.25) is 4.79 Å². The number of ether oxygens (including phenoxy) is 1. The summed E-state index contributed by atoms with van der Waals surface area (Å²) in [5.41, 5.74) is 0.911. The van der Waals surface area contributed by atoms with Gasteiger partial charge in [0.2, 0.25) is 12.3 Å². The summed E-state index contributed by atoms with van der Waals surface area (Å²) >= 11 is 2.04. The van der Waals surface area contributed by atoms with Gasteiger partial charge in [0.25, 0.3) is 0 Å². The third-order valence-corrected chi connectivity index (χ3v) is 5.47. The van der Waals surface area contributed by atoms with Gasteiger partial charge in [-0.15, -0.1) is 0 Å². The highest BCUT2D eigenvalue weighted by atomic mass is 127. The van der Waals surface area contributed by atoms with Crippen molar-refractivity contribution in [3.8, 4) is 5.88 Å². The number of hydrogen-bond donors (Lipinski definition) is 0. The first-order valence-electron chi connectivity index (χ1n) is 7.91. The van der Waals surface area contributed by atoms with Gasteiger partial charge < -0.3 is 4.74 Å². The van der Waals surface area contributed by atoms with E-state index in [1.54, 1.807) is 18.2 Å². The zero-order chi connectivity index (χ0) is 20.6. The van der Waals surface area contributed by atoms with Crippen LogP contribution in [0.1, 0.15) is 23.6 Å². The standard InChI is InChI=1S/C18H16F3IN3O2P/c1-13(6-9-24-25(12-26)28-22)14-7-8-23-17(10-14)27-11-15-4-2-3-5-16(15)18(19,20)21/h2-10,12,28H,11H2,1H3/b13-6+,24-9-. The normalized spacial score (nSPS) is 12.7. The monoisotopic (exact) mass is 521 g/mol. The molecule has 0 aliphatic heterocycles. The molecule has 1 heterocycles. The van der Waals surface area contributed by atoms with Crippen LogP contribution in [0.3, 0.4) is 0 Å². The molecule has 0 spiro atoms. The summed E-state index contributed by atoms with van der Waals surface area (Å²) in [6, 6.07) is 8.64. The molecule has 5 nitrogen and oxygen atoms in total. The lowest BCUT2D eigenvalue weighted by atomic mass is 10.1. The number of amides is 1. The molecule has 0 aliphatic rings. The zero-order valence-electron chi connectivity index (χ0n) is 14.7. The fraction of sp³-hybridized carbons (Fsp3) is 0.167. The van der Waals surface area contributed by atoms with Crippen LogP contribution in [0.2, 0.25) is 0 Å². The number of allylic oxidation sites excluding steroid dienone is 2. The summed E-state index contributed by atoms with van der Waals surface area (Å²) in [4.78, 5) is 14.7. The van der Waals surface area contributed by atoms with E-state index in [1.807, 2.05) is 29.0 Å². The summed E-state index contributed by atoms with van der Waals surface area (Å²) in [5.74, 6) is 0.211. The number of pyridine rings is 1. The highest BCUT2D eigenvalue weighted by Gasteiger charge is 2.32. The van der Waals surface area contributed by atoms with Gasteiger partial charge in [0.15, 0.2) is 0 Å². The van der Waals surface area contributed by atoms with Crippen LogP contribution in [0.5, 0.6) is 5.88 Å². The van der Waals surface area contributed by atoms with Gasteiger partial charge >= 0.3 is 6.18 Å². The van der Waals surface area contributed by atoms with Gasteiger partial charge in [-0.25, -0.2) is 9.76 Å². The number of benzene rings is 1. The maximum Gasteiger partial charge on any atom is 0.416 e. The first kappa shape index (κ1) is 22.3. The third kappa shape index (κ3) is 6.56. The minimum Gasteiger partial charge on any atom is -0.473 e. The van der Waals surface area contributed by atoms with Gasteiger partial charge in [-0.2, -0.15) is 18.3 Å². The second kappa shape index (κ2) is 10.5. The minimum atomic E-state index is -4.44. The fourth-order valence-corrected chi connectivity index (χ4v) is 3.06. The Morgan fingerprint density at radius 1 is 1.36 bits per heavy atom. The maximum atomic E-state index is 13.1. The molecule has 148 valence electrons. The van der Waals surface area contributed by atoms with Crippen molar-refractivity contribution in [2.45, 2.75) is 19.7 Å². The molecular formula is C18H16F3IN3O2P. The van der Waals surface area contributed by atoms with E-state index < -0.39 is 11.7 Å². The van der Waals surface area contributed by atoms with Crippen molar-refractivity contribution in [2.75, 3.05) is 0 Å². The van der Waals surface area contributed by atoms with Crippen molar-refractivity contribution in [1.29, 1.82) is 0 Å². The molecule has 1 unspecified atom stereocenters. The number of aromatic nitrogens is 1. The van der Waals surface area contributed by atoms with E-state index in [9.17, 15) is 18.0 Å². The van der Waals surface area contributed by atoms with Crippen molar-refractivity contribution >= 4 is 46.6 Å². The first-order chi connectivity index (χ1) is 13.3. The van der Waals surface area contributed by atoms with Crippen LogP contribution in [0.15, 0.2) is 53.8 Å². The average molecular weight is 521 g/mol. The molecule has 1 atom stereocenters. The molecule has 2 aromatic rings. The van der Waals surface area contributed by atoms with E-state index in [2.05, 4.69) is 10.1 Å². The lowest BCUT2D eigenvalue weighted by molar-refractivity contribution is -0.138. The van der Waals surface area contributed by atoms with Crippen LogP contribution in [-0.4, -0.2) is 22.4 Å². The molecule has 0 bridgehead atoms. The van der Waals surface area contributed by atoms with Crippen molar-refractivity contribution in [2.24, 2.45) is 5.10 Å². The topological polar surface area (TPSA) is 54.8 Å². The number of halogens is 4. The number of alkyl halides is 3. The lowest BCUT2D eigenvalue weighted by Gasteiger charge is -2.13. The number of hydrogen-bond acceptors (Lipinski definition) is 4. The quantitative estimate of drug-likeness (QED) is 0.152. The lowest BCUT2D eigenvalue weighted by Crippen LogP contribution is -2.11. The summed E-state index contributed by atoms with van der Waals surface area (Å²) < 4.78 is 45.9. The first-order valence-corrected chi connectivity index (χ1v) is 12.0. The predicted molar refractivity (Wildman–Crippen MR) is 112 cm³/mol. The number of carbonyl (C=O) groups excluding carboxylic acids is 1. The van der Waals surface area contributed by atoms with E-state index >= 15 is 0 Å². The smallest absolute Gasteiger partial charge is 0.416 e. The second-order valence-corrected chi connectivity index (χ2v) is 7.55. The molecule has 1 aromatic heterocycles. The van der Waals surface area contributed by atoms with Crippen molar-refractivity contribution in [3.05, 3.63) is 65.4 Å². The van der Waals surface area contributed by atoms with Crippen LogP contribution < -0.4 is 4.74 Å². The summed E-state index contributed by atoms with van der Waals surface area (Å²) in [6.45, 7) is 1.59. The summed E-state index contributed by atoms with van der Waals surface area (Å²) in [7, 11) is 0. The Morgan fingerprint density at radius 2 is 2.11 bits per heavy atom. The number of carbonyl (C=O) groups is 1. The molecule has 1 amide bonds. The van der Waals surface area contributed by atoms with E-state index in [1.165, 1.54) is 35.4 Å². The molecule has 28 heavy (non-hydrogen) atoms. The Bertz CT molecular complexity index is 875. The van der Waals surface area contributed by atoms with Crippen LogP contribution in [0, 0.1) is 0 Å². The Balaban J connectivity index is 2.11. The second-order valence-electron chi connectivity index (χ2n) is 5.48. The van der Waals surface area contributed by atoms with Crippen LogP contribution in [0.4, 0.5) is 13.2 Å². The molecule has 0 saturated heterocycles. The van der Waals surface area contributed by atoms with Crippen LogP contribution in [0.25, 0.3) is 5.57 Å². The zero-order valence-corrected chi connectivity index (χ0v) is 17.8. The number of nitrogens with zero attached hydrogens (tertiary/aromatic N) is 3. The Hall–Kier alpha value is -2.00. The molecule has 0 saturated carbocycles. The van der Waals surface area contributed by atoms with E-state index in [4.69, 9.17) is 4.74 Å². The van der Waals surface area contributed by atoms with Gasteiger partial charge in [0.05, 0.1) is 11.9 Å². The van der Waals surface area contributed by atoms with Gasteiger partial charge in [0.1, 0.15) is 6.61 Å². The molecule has 0 fully saturated rings. The molecule has 1 aromatic carbocycles. The largest absolute Gasteiger partial charge is 0.473 e. The molecule has 0 N–H and O–H groups in total. The van der Waals surface area contributed by atoms with E-state index in [0.29, 0.717) is 6.41 Å². The molecular weight excluding hydrogens is 505 g/mol. The summed E-state index contributed by atoms with van der Waals surface area (Å²) in [5, 5.41) is 3.97. The third-order valence-electron chi connectivity index (χ3n) is 3.59. The van der Waals surface area contributed by atoms with Crippen LogP contribution >= 0.6 is 28.4 Å². The highest BCUT2D eigenvalue weighted by Crippen LogP contribution is 2.32. The minimum absolute atomic E-state index is 0.0372. The Kier molecular flexibility index (Phi) is 8.37. The molecule has 10 heteroatoms. The maximum absolute atomic E-state index is 13.1. The average Bonchev–Trinajstić information content (AvgIpc) is 2.69. The Labute approximate surface area is 175 Å². The molecule has 0 radical (unpaired) electrons.